The lowest BCUT2D eigenvalue weighted by atomic mass is 10.2. The van der Waals surface area contributed by atoms with Crippen molar-refractivity contribution in [3.05, 3.63) is 69.8 Å². The number of halogens is 1. The Balaban J connectivity index is 1.39. The van der Waals surface area contributed by atoms with Crippen molar-refractivity contribution in [1.82, 2.24) is 24.7 Å². The molecular weight excluding hydrogens is 454 g/mol. The number of hydrogen-bond donors (Lipinski definition) is 0. The van der Waals surface area contributed by atoms with Gasteiger partial charge in [0, 0.05) is 29.0 Å². The summed E-state index contributed by atoms with van der Waals surface area (Å²) in [5.74, 6) is 0.0439. The number of aryl methyl sites for hydroxylation is 1. The third kappa shape index (κ3) is 4.28. The highest BCUT2D eigenvalue weighted by Crippen LogP contribution is 2.20. The Morgan fingerprint density at radius 1 is 1.33 bits per heavy atom. The van der Waals surface area contributed by atoms with Gasteiger partial charge in [0.05, 0.1) is 23.7 Å². The maximum Gasteiger partial charge on any atom is 0.308 e. The molecule has 1 atom stereocenters. The van der Waals surface area contributed by atoms with Crippen molar-refractivity contribution in [3.63, 3.8) is 0 Å². The van der Waals surface area contributed by atoms with E-state index in [1.54, 1.807) is 43.6 Å². The molecule has 0 N–H and O–H groups in total. The van der Waals surface area contributed by atoms with Crippen LogP contribution in [0.2, 0.25) is 0 Å². The number of aromatic nitrogens is 5. The second kappa shape index (κ2) is 8.54. The normalized spacial score (nSPS) is 12.1. The fourth-order valence-electron chi connectivity index (χ4n) is 2.82. The van der Waals surface area contributed by atoms with Crippen LogP contribution in [0.5, 0.6) is 0 Å². The molecule has 10 heteroatoms. The molecular formula is C20H16BrN5O4. The molecule has 0 spiro atoms. The van der Waals surface area contributed by atoms with Gasteiger partial charge in [-0.1, -0.05) is 21.1 Å². The number of nitrogens with zero attached hydrogens (tertiary/aromatic N) is 5. The topological polar surface area (TPSA) is 113 Å². The van der Waals surface area contributed by atoms with Gasteiger partial charge in [-0.15, -0.1) is 0 Å². The van der Waals surface area contributed by atoms with Gasteiger partial charge >= 0.3 is 5.97 Å². The molecule has 30 heavy (non-hydrogen) atoms. The van der Waals surface area contributed by atoms with Crippen LogP contribution in [0.25, 0.3) is 22.3 Å². The molecule has 0 aliphatic heterocycles. The fourth-order valence-corrected chi connectivity index (χ4v) is 3.18. The molecule has 0 aliphatic carbocycles. The van der Waals surface area contributed by atoms with Crippen molar-refractivity contribution in [2.75, 3.05) is 0 Å². The minimum absolute atomic E-state index is 0.00492. The van der Waals surface area contributed by atoms with Crippen LogP contribution in [0.1, 0.15) is 25.3 Å². The van der Waals surface area contributed by atoms with E-state index < -0.39 is 12.1 Å². The van der Waals surface area contributed by atoms with Crippen LogP contribution < -0.4 is 5.56 Å². The first-order valence-corrected chi connectivity index (χ1v) is 9.89. The first kappa shape index (κ1) is 19.9. The van der Waals surface area contributed by atoms with E-state index in [1.165, 1.54) is 10.9 Å². The number of carbonyl (C=O) groups is 1. The molecule has 4 rings (SSSR count). The van der Waals surface area contributed by atoms with Gasteiger partial charge in [-0.3, -0.25) is 19.1 Å². The van der Waals surface area contributed by atoms with Crippen LogP contribution in [-0.2, 0) is 16.1 Å². The van der Waals surface area contributed by atoms with Gasteiger partial charge < -0.3 is 9.26 Å². The van der Waals surface area contributed by atoms with Crippen molar-refractivity contribution in [3.8, 4) is 11.4 Å². The lowest BCUT2D eigenvalue weighted by molar-refractivity contribution is -0.150. The highest BCUT2D eigenvalue weighted by atomic mass is 79.9. The quantitative estimate of drug-likeness (QED) is 0.395. The summed E-state index contributed by atoms with van der Waals surface area (Å²) in [5, 5.41) is 4.36. The number of benzene rings is 1. The molecule has 152 valence electrons. The molecule has 0 saturated carbocycles. The SMILES string of the molecule is CC(OC(=O)CCn1cnc2ccc(Br)cc2c1=O)c1nc(-c2cccnc2)no1. The minimum Gasteiger partial charge on any atom is -0.452 e. The summed E-state index contributed by atoms with van der Waals surface area (Å²) >= 11 is 3.35. The van der Waals surface area contributed by atoms with Gasteiger partial charge in [-0.05, 0) is 37.3 Å². The van der Waals surface area contributed by atoms with Crippen molar-refractivity contribution in [2.45, 2.75) is 26.0 Å². The van der Waals surface area contributed by atoms with Crippen molar-refractivity contribution in [1.29, 1.82) is 0 Å². The minimum atomic E-state index is -0.724. The summed E-state index contributed by atoms with van der Waals surface area (Å²) in [6.07, 6.45) is 3.95. The number of fused-ring (bicyclic) bond motifs is 1. The number of ether oxygens (including phenoxy) is 1. The molecule has 3 aromatic heterocycles. The van der Waals surface area contributed by atoms with Crippen LogP contribution in [0.15, 0.2) is 62.8 Å². The van der Waals surface area contributed by atoms with Gasteiger partial charge in [0.15, 0.2) is 6.10 Å². The van der Waals surface area contributed by atoms with E-state index in [0.717, 1.165) is 4.47 Å². The predicted octanol–water partition coefficient (Wildman–Crippen LogP) is 3.30. The van der Waals surface area contributed by atoms with Crippen LogP contribution in [0, 0.1) is 0 Å². The first-order chi connectivity index (χ1) is 14.5. The molecule has 0 aliphatic rings. The van der Waals surface area contributed by atoms with Gasteiger partial charge in [-0.25, -0.2) is 4.98 Å². The van der Waals surface area contributed by atoms with Crippen molar-refractivity contribution >= 4 is 32.8 Å². The summed E-state index contributed by atoms with van der Waals surface area (Å²) in [6, 6.07) is 8.83. The Morgan fingerprint density at radius 2 is 2.20 bits per heavy atom. The summed E-state index contributed by atoms with van der Waals surface area (Å²) in [4.78, 5) is 37.3. The third-order valence-electron chi connectivity index (χ3n) is 4.36. The number of rotatable bonds is 6. The summed E-state index contributed by atoms with van der Waals surface area (Å²) < 4.78 is 12.7. The summed E-state index contributed by atoms with van der Waals surface area (Å²) in [5.41, 5.74) is 1.07. The second-order valence-electron chi connectivity index (χ2n) is 6.48. The van der Waals surface area contributed by atoms with Crippen molar-refractivity contribution in [2.24, 2.45) is 0 Å². The number of esters is 1. The Kier molecular flexibility index (Phi) is 5.66. The Hall–Kier alpha value is -3.40. The molecule has 1 unspecified atom stereocenters. The van der Waals surface area contributed by atoms with Crippen LogP contribution in [0.4, 0.5) is 0 Å². The zero-order valence-corrected chi connectivity index (χ0v) is 17.4. The average molecular weight is 470 g/mol. The molecule has 3 heterocycles. The highest BCUT2D eigenvalue weighted by Gasteiger charge is 2.19. The highest BCUT2D eigenvalue weighted by molar-refractivity contribution is 9.10. The maximum atomic E-state index is 12.6. The predicted molar refractivity (Wildman–Crippen MR) is 110 cm³/mol. The van der Waals surface area contributed by atoms with E-state index >= 15 is 0 Å². The van der Waals surface area contributed by atoms with Crippen molar-refractivity contribution < 1.29 is 14.1 Å². The number of carbonyl (C=O) groups excluding carboxylic acids is 1. The number of hydrogen-bond acceptors (Lipinski definition) is 8. The molecule has 0 fully saturated rings. The summed E-state index contributed by atoms with van der Waals surface area (Å²) in [7, 11) is 0. The standard InChI is InChI=1S/C20H16BrN5O4/c1-12(19-24-18(25-30-19)13-3-2-7-22-10-13)29-17(27)6-8-26-11-23-16-5-4-14(21)9-15(16)20(26)28/h2-5,7,9-12H,6,8H2,1H3. The molecule has 0 radical (unpaired) electrons. The Morgan fingerprint density at radius 3 is 3.00 bits per heavy atom. The van der Waals surface area contributed by atoms with Gasteiger partial charge in [0.2, 0.25) is 5.82 Å². The van der Waals surface area contributed by atoms with Crippen LogP contribution in [0.3, 0.4) is 0 Å². The number of pyridine rings is 1. The largest absolute Gasteiger partial charge is 0.452 e. The monoisotopic (exact) mass is 469 g/mol. The maximum absolute atomic E-state index is 12.6. The van der Waals surface area contributed by atoms with E-state index in [2.05, 4.69) is 36.0 Å². The Bertz CT molecular complexity index is 1260. The summed E-state index contributed by atoms with van der Waals surface area (Å²) in [6.45, 7) is 1.78. The molecule has 1 aromatic carbocycles. The zero-order chi connectivity index (χ0) is 21.1. The van der Waals surface area contributed by atoms with E-state index in [9.17, 15) is 9.59 Å². The van der Waals surface area contributed by atoms with Crippen LogP contribution in [-0.4, -0.2) is 30.6 Å². The van der Waals surface area contributed by atoms with Crippen LogP contribution >= 0.6 is 15.9 Å². The lowest BCUT2D eigenvalue weighted by Gasteiger charge is -2.10. The Labute approximate surface area is 178 Å². The lowest BCUT2D eigenvalue weighted by Crippen LogP contribution is -2.22. The molecule has 9 nitrogen and oxygen atoms in total. The van der Waals surface area contributed by atoms with E-state index in [1.807, 2.05) is 6.07 Å². The molecule has 0 bridgehead atoms. The van der Waals surface area contributed by atoms with E-state index in [0.29, 0.717) is 22.3 Å². The first-order valence-electron chi connectivity index (χ1n) is 9.09. The second-order valence-corrected chi connectivity index (χ2v) is 7.40. The van der Waals surface area contributed by atoms with Gasteiger partial charge in [-0.2, -0.15) is 4.98 Å². The fraction of sp³-hybridized carbons (Fsp3) is 0.200. The molecule has 4 aromatic rings. The van der Waals surface area contributed by atoms with E-state index in [4.69, 9.17) is 9.26 Å². The van der Waals surface area contributed by atoms with Gasteiger partial charge in [0.1, 0.15) is 0 Å². The van der Waals surface area contributed by atoms with Gasteiger partial charge in [0.25, 0.3) is 11.4 Å². The molecule has 0 amide bonds. The molecule has 0 saturated heterocycles. The smallest absolute Gasteiger partial charge is 0.308 e. The zero-order valence-electron chi connectivity index (χ0n) is 15.9. The van der Waals surface area contributed by atoms with E-state index in [-0.39, 0.29) is 24.4 Å². The average Bonchev–Trinajstić information content (AvgIpc) is 3.25. The third-order valence-corrected chi connectivity index (χ3v) is 4.85.